The van der Waals surface area contributed by atoms with Crippen LogP contribution in [0.4, 0.5) is 5.69 Å². The third-order valence-corrected chi connectivity index (χ3v) is 3.85. The van der Waals surface area contributed by atoms with Crippen molar-refractivity contribution in [1.82, 2.24) is 5.32 Å². The lowest BCUT2D eigenvalue weighted by atomic mass is 10.2. The van der Waals surface area contributed by atoms with Gasteiger partial charge in [0.05, 0.1) is 5.75 Å². The number of carbonyl (C=O) groups excluding carboxylic acids is 1. The number of benzene rings is 1. The number of amides is 1. The van der Waals surface area contributed by atoms with Gasteiger partial charge in [-0.1, -0.05) is 25.5 Å². The first-order chi connectivity index (χ1) is 8.54. The van der Waals surface area contributed by atoms with Gasteiger partial charge in [-0.15, -0.1) is 11.8 Å². The lowest BCUT2D eigenvalue weighted by Gasteiger charge is -2.13. The van der Waals surface area contributed by atoms with Gasteiger partial charge in [-0.05, 0) is 31.9 Å². The number of hydrogen-bond acceptors (Lipinski definition) is 3. The predicted octanol–water partition coefficient (Wildman–Crippen LogP) is 2.97. The highest BCUT2D eigenvalue weighted by molar-refractivity contribution is 8.00. The van der Waals surface area contributed by atoms with Crippen molar-refractivity contribution in [3.05, 3.63) is 23.8 Å². The summed E-state index contributed by atoms with van der Waals surface area (Å²) in [6.07, 6.45) is 2.10. The minimum Gasteiger partial charge on any atom is -0.398 e. The summed E-state index contributed by atoms with van der Waals surface area (Å²) in [7, 11) is 0. The van der Waals surface area contributed by atoms with E-state index in [1.165, 1.54) is 11.8 Å². The Hall–Kier alpha value is -1.16. The summed E-state index contributed by atoms with van der Waals surface area (Å²) in [5.41, 5.74) is 7.80. The second kappa shape index (κ2) is 7.31. The molecule has 0 aliphatic rings. The minimum absolute atomic E-state index is 0.0712. The van der Waals surface area contributed by atoms with Gasteiger partial charge in [0.25, 0.3) is 0 Å². The molecule has 1 aromatic carbocycles. The molecule has 0 heterocycles. The van der Waals surface area contributed by atoms with Crippen molar-refractivity contribution in [3.63, 3.8) is 0 Å². The van der Waals surface area contributed by atoms with Crippen molar-refractivity contribution in [1.29, 1.82) is 0 Å². The second-order valence-electron chi connectivity index (χ2n) is 4.53. The molecule has 0 aliphatic carbocycles. The summed E-state index contributed by atoms with van der Waals surface area (Å²) in [6.45, 7) is 6.13. The first kappa shape index (κ1) is 14.9. The van der Waals surface area contributed by atoms with Crippen molar-refractivity contribution in [2.75, 3.05) is 11.5 Å². The number of hydrogen-bond donors (Lipinski definition) is 2. The van der Waals surface area contributed by atoms with Crippen LogP contribution in [0.2, 0.25) is 0 Å². The van der Waals surface area contributed by atoms with E-state index in [4.69, 9.17) is 5.73 Å². The van der Waals surface area contributed by atoms with Crippen molar-refractivity contribution >= 4 is 23.4 Å². The molecule has 0 aliphatic heterocycles. The molecule has 0 radical (unpaired) electrons. The van der Waals surface area contributed by atoms with Crippen LogP contribution in [0, 0.1) is 6.92 Å². The average Bonchev–Trinajstić information content (AvgIpc) is 2.31. The van der Waals surface area contributed by atoms with Crippen molar-refractivity contribution in [3.8, 4) is 0 Å². The monoisotopic (exact) mass is 266 g/mol. The minimum atomic E-state index is 0.0712. The van der Waals surface area contributed by atoms with Crippen molar-refractivity contribution in [2.24, 2.45) is 0 Å². The number of thioether (sulfide) groups is 1. The Balaban J connectivity index is 2.45. The fraction of sp³-hybridized carbons (Fsp3) is 0.500. The summed E-state index contributed by atoms with van der Waals surface area (Å²) in [6, 6.07) is 6.14. The van der Waals surface area contributed by atoms with Gasteiger partial charge in [-0.2, -0.15) is 0 Å². The van der Waals surface area contributed by atoms with Crippen LogP contribution in [0.1, 0.15) is 32.3 Å². The van der Waals surface area contributed by atoms with Crippen LogP contribution in [-0.2, 0) is 4.79 Å². The number of anilines is 1. The summed E-state index contributed by atoms with van der Waals surface area (Å²) in [5, 5.41) is 2.98. The lowest BCUT2D eigenvalue weighted by Crippen LogP contribution is -2.33. The molecular formula is C14H22N2OS. The maximum Gasteiger partial charge on any atom is 0.230 e. The zero-order valence-electron chi connectivity index (χ0n) is 11.3. The first-order valence-electron chi connectivity index (χ1n) is 6.31. The molecule has 1 atom stereocenters. The average molecular weight is 266 g/mol. The normalized spacial score (nSPS) is 12.2. The molecule has 0 bridgehead atoms. The highest BCUT2D eigenvalue weighted by atomic mass is 32.2. The van der Waals surface area contributed by atoms with Crippen LogP contribution in [0.5, 0.6) is 0 Å². The summed E-state index contributed by atoms with van der Waals surface area (Å²) in [5.74, 6) is 0.490. The number of nitrogen functional groups attached to an aromatic ring is 1. The Morgan fingerprint density at radius 2 is 2.22 bits per heavy atom. The van der Waals surface area contributed by atoms with Crippen LogP contribution < -0.4 is 11.1 Å². The maximum absolute atomic E-state index is 11.7. The number of nitrogens with one attached hydrogen (secondary N) is 1. The van der Waals surface area contributed by atoms with E-state index in [0.29, 0.717) is 5.75 Å². The fourth-order valence-corrected chi connectivity index (χ4v) is 2.61. The van der Waals surface area contributed by atoms with E-state index in [1.54, 1.807) is 0 Å². The van der Waals surface area contributed by atoms with E-state index in [-0.39, 0.29) is 11.9 Å². The van der Waals surface area contributed by atoms with E-state index in [2.05, 4.69) is 12.2 Å². The van der Waals surface area contributed by atoms with Gasteiger partial charge in [-0.25, -0.2) is 0 Å². The van der Waals surface area contributed by atoms with Gasteiger partial charge in [0.2, 0.25) is 5.91 Å². The third kappa shape index (κ3) is 4.61. The zero-order chi connectivity index (χ0) is 13.5. The van der Waals surface area contributed by atoms with Crippen LogP contribution in [0.3, 0.4) is 0 Å². The Bertz CT molecular complexity index is 407. The number of carbonyl (C=O) groups is 1. The van der Waals surface area contributed by atoms with E-state index in [0.717, 1.165) is 29.0 Å². The smallest absolute Gasteiger partial charge is 0.230 e. The molecule has 1 unspecified atom stereocenters. The second-order valence-corrected chi connectivity index (χ2v) is 5.55. The standard InChI is InChI=1S/C14H22N2OS/c1-4-6-11(3)16-13(17)9-18-12-8-5-7-10(2)14(12)15/h5,7-8,11H,4,6,9,15H2,1-3H3,(H,16,17). The molecule has 4 heteroatoms. The van der Waals surface area contributed by atoms with Gasteiger partial charge < -0.3 is 11.1 Å². The molecule has 1 rings (SSSR count). The highest BCUT2D eigenvalue weighted by Crippen LogP contribution is 2.27. The van der Waals surface area contributed by atoms with Gasteiger partial charge in [0.1, 0.15) is 0 Å². The molecule has 0 spiro atoms. The Morgan fingerprint density at radius 3 is 2.89 bits per heavy atom. The molecule has 3 nitrogen and oxygen atoms in total. The van der Waals surface area contributed by atoms with Crippen molar-refractivity contribution in [2.45, 2.75) is 44.6 Å². The quantitative estimate of drug-likeness (QED) is 0.615. The summed E-state index contributed by atoms with van der Waals surface area (Å²) in [4.78, 5) is 12.7. The first-order valence-corrected chi connectivity index (χ1v) is 7.30. The van der Waals surface area contributed by atoms with Gasteiger partial charge in [-0.3, -0.25) is 4.79 Å². The van der Waals surface area contributed by atoms with Crippen LogP contribution in [-0.4, -0.2) is 17.7 Å². The van der Waals surface area contributed by atoms with Gasteiger partial charge in [0.15, 0.2) is 0 Å². The number of aryl methyl sites for hydroxylation is 1. The van der Waals surface area contributed by atoms with Gasteiger partial charge in [0, 0.05) is 16.6 Å². The summed E-state index contributed by atoms with van der Waals surface area (Å²) < 4.78 is 0. The fourth-order valence-electron chi connectivity index (χ4n) is 1.74. The Labute approximate surface area is 114 Å². The molecule has 0 aromatic heterocycles. The van der Waals surface area contributed by atoms with Crippen LogP contribution in [0.25, 0.3) is 0 Å². The Kier molecular flexibility index (Phi) is 6.05. The molecule has 1 aromatic rings. The SMILES string of the molecule is CCCC(C)NC(=O)CSc1cccc(C)c1N. The number of para-hydroxylation sites is 1. The molecule has 0 fully saturated rings. The van der Waals surface area contributed by atoms with Crippen LogP contribution >= 0.6 is 11.8 Å². The van der Waals surface area contributed by atoms with E-state index in [9.17, 15) is 4.79 Å². The molecule has 0 saturated carbocycles. The Morgan fingerprint density at radius 1 is 1.50 bits per heavy atom. The highest BCUT2D eigenvalue weighted by Gasteiger charge is 2.08. The lowest BCUT2D eigenvalue weighted by molar-refractivity contribution is -0.119. The molecular weight excluding hydrogens is 244 g/mol. The largest absolute Gasteiger partial charge is 0.398 e. The number of rotatable bonds is 6. The van der Waals surface area contributed by atoms with E-state index < -0.39 is 0 Å². The van der Waals surface area contributed by atoms with Crippen LogP contribution in [0.15, 0.2) is 23.1 Å². The van der Waals surface area contributed by atoms with E-state index >= 15 is 0 Å². The molecule has 1 amide bonds. The maximum atomic E-state index is 11.7. The van der Waals surface area contributed by atoms with Crippen molar-refractivity contribution < 1.29 is 4.79 Å². The third-order valence-electron chi connectivity index (χ3n) is 2.77. The molecule has 100 valence electrons. The zero-order valence-corrected chi connectivity index (χ0v) is 12.1. The topological polar surface area (TPSA) is 55.1 Å². The van der Waals surface area contributed by atoms with E-state index in [1.807, 2.05) is 32.0 Å². The van der Waals surface area contributed by atoms with Gasteiger partial charge >= 0.3 is 0 Å². The molecule has 0 saturated heterocycles. The molecule has 18 heavy (non-hydrogen) atoms. The summed E-state index contributed by atoms with van der Waals surface area (Å²) >= 11 is 1.49. The predicted molar refractivity (Wildman–Crippen MR) is 78.8 cm³/mol. The number of nitrogens with two attached hydrogens (primary N) is 1. The molecule has 3 N–H and O–H groups in total.